The lowest BCUT2D eigenvalue weighted by molar-refractivity contribution is 1.07. The number of nitrogens with zero attached hydrogens (tertiary/aromatic N) is 5. The quantitative estimate of drug-likeness (QED) is 0.194. The summed E-state index contributed by atoms with van der Waals surface area (Å²) in [6.45, 7) is 0. The lowest BCUT2D eigenvalue weighted by Gasteiger charge is -2.11. The molecule has 0 saturated heterocycles. The Balaban J connectivity index is 1.19. The molecule has 0 fully saturated rings. The molecule has 0 unspecified atom stereocenters. The number of hydrogen-bond acceptors (Lipinski definition) is 5. The SMILES string of the molecule is c1ccc(-c2nc(-c3ccccc3)nc(-c3ccc(-c4cc5c6ccccc6sc5c5nc6c7ccccc7ccc6n45)cc3)n2)cc1. The second-order valence-electron chi connectivity index (χ2n) is 11.9. The topological polar surface area (TPSA) is 56.0 Å². The Morgan fingerprint density at radius 1 is 0.438 bits per heavy atom. The molecule has 48 heavy (non-hydrogen) atoms. The molecule has 5 nitrogen and oxygen atoms in total. The molecule has 0 saturated carbocycles. The van der Waals surface area contributed by atoms with E-state index in [-0.39, 0.29) is 0 Å². The summed E-state index contributed by atoms with van der Waals surface area (Å²) < 4.78 is 4.79. The first-order chi connectivity index (χ1) is 23.8. The highest BCUT2D eigenvalue weighted by atomic mass is 32.1. The average molecular weight is 632 g/mol. The molecule has 0 aliphatic carbocycles. The van der Waals surface area contributed by atoms with Gasteiger partial charge in [-0.3, -0.25) is 4.40 Å². The maximum absolute atomic E-state index is 5.34. The zero-order valence-electron chi connectivity index (χ0n) is 25.6. The van der Waals surface area contributed by atoms with Crippen LogP contribution in [0.3, 0.4) is 0 Å². The van der Waals surface area contributed by atoms with Crippen molar-refractivity contribution in [3.63, 3.8) is 0 Å². The van der Waals surface area contributed by atoms with Crippen LogP contribution >= 0.6 is 11.3 Å². The number of aromatic nitrogens is 5. The summed E-state index contributed by atoms with van der Waals surface area (Å²) in [5.74, 6) is 1.94. The normalized spacial score (nSPS) is 11.8. The molecule has 10 aromatic rings. The molecule has 0 radical (unpaired) electrons. The first kappa shape index (κ1) is 26.9. The van der Waals surface area contributed by atoms with Gasteiger partial charge in [0, 0.05) is 37.5 Å². The maximum atomic E-state index is 5.34. The molecule has 0 bridgehead atoms. The molecular formula is C42H25N5S. The van der Waals surface area contributed by atoms with Crippen LogP contribution in [0.2, 0.25) is 0 Å². The average Bonchev–Trinajstić information content (AvgIpc) is 3.74. The third kappa shape index (κ3) is 4.24. The van der Waals surface area contributed by atoms with E-state index in [0.717, 1.165) is 50.0 Å². The molecule has 0 N–H and O–H groups in total. The number of hydrogen-bond donors (Lipinski definition) is 0. The van der Waals surface area contributed by atoms with E-state index in [0.29, 0.717) is 17.5 Å². The van der Waals surface area contributed by atoms with Crippen molar-refractivity contribution in [2.24, 2.45) is 0 Å². The van der Waals surface area contributed by atoms with Gasteiger partial charge in [-0.25, -0.2) is 19.9 Å². The van der Waals surface area contributed by atoms with Crippen LogP contribution in [0, 0.1) is 0 Å². The lowest BCUT2D eigenvalue weighted by Crippen LogP contribution is -2.00. The minimum Gasteiger partial charge on any atom is -0.291 e. The minimum atomic E-state index is 0.637. The van der Waals surface area contributed by atoms with Crippen molar-refractivity contribution in [3.05, 3.63) is 152 Å². The summed E-state index contributed by atoms with van der Waals surface area (Å²) in [6, 6.07) is 52.6. The molecule has 4 heterocycles. The van der Waals surface area contributed by atoms with Crippen LogP contribution in [0.25, 0.3) is 93.0 Å². The Morgan fingerprint density at radius 3 is 1.69 bits per heavy atom. The van der Waals surface area contributed by atoms with E-state index in [9.17, 15) is 0 Å². The van der Waals surface area contributed by atoms with Gasteiger partial charge in [-0.2, -0.15) is 0 Å². The highest BCUT2D eigenvalue weighted by Gasteiger charge is 2.19. The number of rotatable bonds is 4. The standard InChI is InChI=1S/C42H25N5S/c1-3-12-28(13-4-1)39-44-40(29-14-5-2-6-15-29)46-41(45-39)30-21-19-27(20-22-30)35-25-33-32-17-9-10-18-36(32)48-38(33)42-43-37-31-16-8-7-11-26(31)23-24-34(37)47(35)42/h1-25H. The van der Waals surface area contributed by atoms with Crippen molar-refractivity contribution < 1.29 is 0 Å². The maximum Gasteiger partial charge on any atom is 0.164 e. The van der Waals surface area contributed by atoms with Crippen molar-refractivity contribution in [2.75, 3.05) is 0 Å². The van der Waals surface area contributed by atoms with E-state index in [1.165, 1.54) is 25.6 Å². The van der Waals surface area contributed by atoms with Crippen molar-refractivity contribution in [2.45, 2.75) is 0 Å². The fourth-order valence-corrected chi connectivity index (χ4v) is 7.89. The molecule has 0 amide bonds. The molecule has 0 aliphatic heterocycles. The van der Waals surface area contributed by atoms with E-state index in [1.54, 1.807) is 0 Å². The third-order valence-electron chi connectivity index (χ3n) is 9.05. The Labute approximate surface area is 279 Å². The van der Waals surface area contributed by atoms with Crippen molar-refractivity contribution in [3.8, 4) is 45.4 Å². The van der Waals surface area contributed by atoms with Crippen molar-refractivity contribution >= 4 is 59.0 Å². The number of pyridine rings is 1. The van der Waals surface area contributed by atoms with E-state index >= 15 is 0 Å². The van der Waals surface area contributed by atoms with Gasteiger partial charge in [0.15, 0.2) is 23.1 Å². The van der Waals surface area contributed by atoms with Crippen LogP contribution in [0.1, 0.15) is 0 Å². The Morgan fingerprint density at radius 2 is 1.00 bits per heavy atom. The lowest BCUT2D eigenvalue weighted by atomic mass is 10.0. The molecule has 4 aromatic heterocycles. The van der Waals surface area contributed by atoms with Crippen molar-refractivity contribution in [1.29, 1.82) is 0 Å². The summed E-state index contributed by atoms with van der Waals surface area (Å²) >= 11 is 1.81. The molecule has 6 aromatic carbocycles. The highest BCUT2D eigenvalue weighted by molar-refractivity contribution is 7.26. The monoisotopic (exact) mass is 631 g/mol. The van der Waals surface area contributed by atoms with Gasteiger partial charge in [0.05, 0.1) is 21.4 Å². The van der Waals surface area contributed by atoms with Crippen LogP contribution in [0.15, 0.2) is 152 Å². The highest BCUT2D eigenvalue weighted by Crippen LogP contribution is 2.41. The summed E-state index contributed by atoms with van der Waals surface area (Å²) in [5.41, 5.74) is 8.11. The summed E-state index contributed by atoms with van der Waals surface area (Å²) in [7, 11) is 0. The van der Waals surface area contributed by atoms with Gasteiger partial charge >= 0.3 is 0 Å². The fraction of sp³-hybridized carbons (Fsp3) is 0. The largest absolute Gasteiger partial charge is 0.291 e. The zero-order chi connectivity index (χ0) is 31.6. The second kappa shape index (κ2) is 10.7. The first-order valence-electron chi connectivity index (χ1n) is 15.9. The molecular weight excluding hydrogens is 607 g/mol. The molecule has 224 valence electrons. The predicted octanol–water partition coefficient (Wildman–Crippen LogP) is 10.9. The molecule has 6 heteroatoms. The number of fused-ring (bicyclic) bond motifs is 9. The number of thiophene rings is 1. The van der Waals surface area contributed by atoms with Gasteiger partial charge in [0.1, 0.15) is 0 Å². The fourth-order valence-electron chi connectivity index (χ4n) is 6.72. The predicted molar refractivity (Wildman–Crippen MR) is 198 cm³/mol. The molecule has 10 rings (SSSR count). The van der Waals surface area contributed by atoms with E-state index in [4.69, 9.17) is 19.9 Å². The van der Waals surface area contributed by atoms with E-state index < -0.39 is 0 Å². The van der Waals surface area contributed by atoms with Crippen LogP contribution in [-0.2, 0) is 0 Å². The van der Waals surface area contributed by atoms with Gasteiger partial charge in [0.25, 0.3) is 0 Å². The van der Waals surface area contributed by atoms with E-state index in [2.05, 4.69) is 95.4 Å². The van der Waals surface area contributed by atoms with Crippen LogP contribution in [0.4, 0.5) is 0 Å². The minimum absolute atomic E-state index is 0.637. The Bertz CT molecular complexity index is 2760. The second-order valence-corrected chi connectivity index (χ2v) is 13.0. The van der Waals surface area contributed by atoms with Gasteiger partial charge in [0.2, 0.25) is 0 Å². The van der Waals surface area contributed by atoms with Gasteiger partial charge in [-0.05, 0) is 29.1 Å². The van der Waals surface area contributed by atoms with Crippen LogP contribution < -0.4 is 0 Å². The number of imidazole rings is 1. The van der Waals surface area contributed by atoms with E-state index in [1.807, 2.05) is 72.0 Å². The van der Waals surface area contributed by atoms with Gasteiger partial charge < -0.3 is 0 Å². The summed E-state index contributed by atoms with van der Waals surface area (Å²) in [5, 5.41) is 4.82. The number of benzene rings is 6. The summed E-state index contributed by atoms with van der Waals surface area (Å²) in [6.07, 6.45) is 0. The Hall–Kier alpha value is -6.24. The Kier molecular flexibility index (Phi) is 5.98. The first-order valence-corrected chi connectivity index (χ1v) is 16.7. The van der Waals surface area contributed by atoms with Crippen LogP contribution in [-0.4, -0.2) is 24.3 Å². The molecule has 0 atom stereocenters. The molecule has 0 spiro atoms. The van der Waals surface area contributed by atoms with Gasteiger partial charge in [-0.15, -0.1) is 11.3 Å². The van der Waals surface area contributed by atoms with Gasteiger partial charge in [-0.1, -0.05) is 133 Å². The zero-order valence-corrected chi connectivity index (χ0v) is 26.4. The third-order valence-corrected chi connectivity index (χ3v) is 10.2. The summed E-state index contributed by atoms with van der Waals surface area (Å²) in [4.78, 5) is 20.1. The van der Waals surface area contributed by atoms with Crippen LogP contribution in [0.5, 0.6) is 0 Å². The van der Waals surface area contributed by atoms with Crippen molar-refractivity contribution in [1.82, 2.24) is 24.3 Å². The molecule has 0 aliphatic rings. The smallest absolute Gasteiger partial charge is 0.164 e.